The minimum Gasteiger partial charge on any atom is -0.444 e. The van der Waals surface area contributed by atoms with Gasteiger partial charge in [0, 0.05) is 31.2 Å². The lowest BCUT2D eigenvalue weighted by atomic mass is 10.2. The minimum atomic E-state index is -0.496. The molecule has 0 saturated carbocycles. The molecule has 1 aromatic carbocycles. The number of hydrazine groups is 1. The number of benzene rings is 1. The Hall–Kier alpha value is -3.40. The maximum Gasteiger partial charge on any atom is 0.407 e. The monoisotopic (exact) mass is 412 g/mol. The second kappa shape index (κ2) is 9.40. The average molecular weight is 412 g/mol. The zero-order chi connectivity index (χ0) is 21.6. The molecule has 0 aliphatic carbocycles. The Balaban J connectivity index is 1.56. The smallest absolute Gasteiger partial charge is 0.407 e. The van der Waals surface area contributed by atoms with Gasteiger partial charge in [0.15, 0.2) is 11.6 Å². The van der Waals surface area contributed by atoms with Crippen LogP contribution in [0.3, 0.4) is 0 Å². The molecule has 0 aliphatic heterocycles. The molecule has 160 valence electrons. The summed E-state index contributed by atoms with van der Waals surface area (Å²) in [5, 5.41) is 6.01. The molecular weight excluding hydrogens is 384 g/mol. The topological polar surface area (TPSA) is 132 Å². The molecule has 0 unspecified atom stereocenters. The summed E-state index contributed by atoms with van der Waals surface area (Å²) in [5.74, 6) is 6.67. The van der Waals surface area contributed by atoms with Gasteiger partial charge in [-0.15, -0.1) is 0 Å². The van der Waals surface area contributed by atoms with Crippen molar-refractivity contribution in [2.24, 2.45) is 5.84 Å². The van der Waals surface area contributed by atoms with Gasteiger partial charge < -0.3 is 25.4 Å². The molecule has 0 fully saturated rings. The molecule has 0 saturated heterocycles. The first-order chi connectivity index (χ1) is 14.4. The van der Waals surface area contributed by atoms with Crippen LogP contribution >= 0.6 is 0 Å². The number of anilines is 2. The summed E-state index contributed by atoms with van der Waals surface area (Å²) in [6.07, 6.45) is 6.54. The molecule has 3 aromatic rings. The van der Waals surface area contributed by atoms with Crippen molar-refractivity contribution in [3.05, 3.63) is 36.9 Å². The van der Waals surface area contributed by atoms with E-state index in [9.17, 15) is 4.79 Å². The lowest BCUT2D eigenvalue weighted by molar-refractivity contribution is 0.0527. The van der Waals surface area contributed by atoms with Gasteiger partial charge >= 0.3 is 6.09 Å². The predicted octanol–water partition coefficient (Wildman–Crippen LogP) is 2.82. The Bertz CT molecular complexity index is 982. The van der Waals surface area contributed by atoms with Crippen LogP contribution in [0.1, 0.15) is 33.6 Å². The number of alkyl carbamates (subject to hydrolysis) is 1. The highest BCUT2D eigenvalue weighted by Crippen LogP contribution is 2.22. The van der Waals surface area contributed by atoms with Crippen LogP contribution in [0.4, 0.5) is 16.4 Å². The van der Waals surface area contributed by atoms with Gasteiger partial charge in [-0.1, -0.05) is 0 Å². The number of imidazole rings is 1. The average Bonchev–Trinajstić information content (AvgIpc) is 3.23. The quantitative estimate of drug-likeness (QED) is 0.252. The van der Waals surface area contributed by atoms with Crippen molar-refractivity contribution in [1.82, 2.24) is 24.8 Å². The molecule has 5 N–H and O–H groups in total. The summed E-state index contributed by atoms with van der Waals surface area (Å²) in [7, 11) is 0. The Morgan fingerprint density at radius 3 is 2.60 bits per heavy atom. The van der Waals surface area contributed by atoms with E-state index in [2.05, 4.69) is 31.0 Å². The van der Waals surface area contributed by atoms with E-state index < -0.39 is 11.7 Å². The number of unbranched alkanes of at least 4 members (excludes halogenated alkanes) is 1. The van der Waals surface area contributed by atoms with E-state index in [0.29, 0.717) is 24.7 Å². The van der Waals surface area contributed by atoms with Crippen LogP contribution in [-0.2, 0) is 4.74 Å². The summed E-state index contributed by atoms with van der Waals surface area (Å²) in [6, 6.07) is 5.79. The number of nitrogens with zero attached hydrogens (tertiary/aromatic N) is 4. The number of nitrogens with one attached hydrogen (secondary N) is 3. The van der Waals surface area contributed by atoms with E-state index in [-0.39, 0.29) is 0 Å². The molecule has 0 bridgehead atoms. The van der Waals surface area contributed by atoms with Crippen molar-refractivity contribution < 1.29 is 9.53 Å². The standard InChI is InChI=1S/C20H28N8O2/c1-20(2,3)30-19(29)24-9-5-4-8-23-17-18(27-21)25-15-7-6-14(12-16(15)26-17)28-11-10-22-13-28/h6-7,10-13H,4-5,8-9,21H2,1-3H3,(H,23,26)(H,24,29)(H,25,27). The third kappa shape index (κ3) is 5.80. The molecule has 0 aliphatic rings. The number of rotatable bonds is 8. The Labute approximate surface area is 175 Å². The van der Waals surface area contributed by atoms with Crippen molar-refractivity contribution in [3.8, 4) is 5.69 Å². The fourth-order valence-corrected chi connectivity index (χ4v) is 2.80. The van der Waals surface area contributed by atoms with E-state index in [1.54, 1.807) is 12.5 Å². The number of carbonyl (C=O) groups excluding carboxylic acids is 1. The van der Waals surface area contributed by atoms with E-state index in [1.807, 2.05) is 49.7 Å². The summed E-state index contributed by atoms with van der Waals surface area (Å²) in [4.78, 5) is 24.9. The van der Waals surface area contributed by atoms with Gasteiger partial charge in [-0.3, -0.25) is 0 Å². The number of fused-ring (bicyclic) bond motifs is 1. The summed E-state index contributed by atoms with van der Waals surface area (Å²) in [6.45, 7) is 6.70. The van der Waals surface area contributed by atoms with Crippen LogP contribution in [-0.4, -0.2) is 44.3 Å². The molecule has 0 spiro atoms. The highest BCUT2D eigenvalue weighted by atomic mass is 16.6. The van der Waals surface area contributed by atoms with Crippen LogP contribution in [0.2, 0.25) is 0 Å². The van der Waals surface area contributed by atoms with Gasteiger partial charge in [-0.25, -0.2) is 25.6 Å². The molecule has 30 heavy (non-hydrogen) atoms. The highest BCUT2D eigenvalue weighted by molar-refractivity contribution is 5.82. The van der Waals surface area contributed by atoms with Crippen molar-refractivity contribution >= 4 is 28.8 Å². The van der Waals surface area contributed by atoms with Crippen LogP contribution < -0.4 is 21.9 Å². The minimum absolute atomic E-state index is 0.404. The zero-order valence-corrected chi connectivity index (χ0v) is 17.5. The number of hydrogen-bond donors (Lipinski definition) is 4. The number of nitrogens with two attached hydrogens (primary N) is 1. The number of carbonyl (C=O) groups is 1. The molecule has 2 heterocycles. The van der Waals surface area contributed by atoms with E-state index in [1.165, 1.54) is 0 Å². The summed E-state index contributed by atoms with van der Waals surface area (Å²) >= 11 is 0. The lowest BCUT2D eigenvalue weighted by Gasteiger charge is -2.19. The molecular formula is C20H28N8O2. The third-order valence-corrected chi connectivity index (χ3v) is 4.15. The highest BCUT2D eigenvalue weighted by Gasteiger charge is 2.15. The fourth-order valence-electron chi connectivity index (χ4n) is 2.80. The lowest BCUT2D eigenvalue weighted by Crippen LogP contribution is -2.33. The van der Waals surface area contributed by atoms with Crippen LogP contribution in [0.25, 0.3) is 16.7 Å². The SMILES string of the molecule is CC(C)(C)OC(=O)NCCCCNc1nc2cc(-n3ccnc3)ccc2nc1NN. The van der Waals surface area contributed by atoms with Gasteiger partial charge in [-0.2, -0.15) is 0 Å². The number of hydrogen-bond acceptors (Lipinski definition) is 8. The number of ether oxygens (including phenoxy) is 1. The summed E-state index contributed by atoms with van der Waals surface area (Å²) in [5.41, 5.74) is 4.52. The van der Waals surface area contributed by atoms with Gasteiger partial charge in [0.05, 0.1) is 17.4 Å². The maximum atomic E-state index is 11.6. The Kier molecular flexibility index (Phi) is 6.68. The first-order valence-corrected chi connectivity index (χ1v) is 9.83. The Morgan fingerprint density at radius 2 is 1.90 bits per heavy atom. The number of aromatic nitrogens is 4. The molecule has 10 nitrogen and oxygen atoms in total. The summed E-state index contributed by atoms with van der Waals surface area (Å²) < 4.78 is 7.11. The number of nitrogen functional groups attached to an aromatic ring is 1. The molecule has 2 aromatic heterocycles. The third-order valence-electron chi connectivity index (χ3n) is 4.15. The van der Waals surface area contributed by atoms with E-state index in [0.717, 1.165) is 29.6 Å². The second-order valence-electron chi connectivity index (χ2n) is 7.77. The van der Waals surface area contributed by atoms with Crippen molar-refractivity contribution in [3.63, 3.8) is 0 Å². The van der Waals surface area contributed by atoms with E-state index >= 15 is 0 Å². The normalized spacial score (nSPS) is 11.3. The van der Waals surface area contributed by atoms with Gasteiger partial charge in [0.1, 0.15) is 5.60 Å². The van der Waals surface area contributed by atoms with Gasteiger partial charge in [0.25, 0.3) is 0 Å². The van der Waals surface area contributed by atoms with Gasteiger partial charge in [0.2, 0.25) is 0 Å². The van der Waals surface area contributed by atoms with Crippen molar-refractivity contribution in [2.75, 3.05) is 23.8 Å². The largest absolute Gasteiger partial charge is 0.444 e. The number of amides is 1. The van der Waals surface area contributed by atoms with Crippen LogP contribution in [0.15, 0.2) is 36.9 Å². The molecule has 0 radical (unpaired) electrons. The maximum absolute atomic E-state index is 11.6. The van der Waals surface area contributed by atoms with Gasteiger partial charge in [-0.05, 0) is 51.8 Å². The molecule has 10 heteroatoms. The zero-order valence-electron chi connectivity index (χ0n) is 17.5. The van der Waals surface area contributed by atoms with Crippen LogP contribution in [0, 0.1) is 0 Å². The molecule has 3 rings (SSSR count). The Morgan fingerprint density at radius 1 is 1.13 bits per heavy atom. The van der Waals surface area contributed by atoms with Crippen molar-refractivity contribution in [2.45, 2.75) is 39.2 Å². The van der Waals surface area contributed by atoms with Crippen molar-refractivity contribution in [1.29, 1.82) is 0 Å². The second-order valence-corrected chi connectivity index (χ2v) is 7.77. The first-order valence-electron chi connectivity index (χ1n) is 9.83. The molecule has 1 amide bonds. The fraction of sp³-hybridized carbons (Fsp3) is 0.400. The predicted molar refractivity (Wildman–Crippen MR) is 116 cm³/mol. The first kappa shape index (κ1) is 21.3. The molecule has 0 atom stereocenters. The van der Waals surface area contributed by atoms with E-state index in [4.69, 9.17) is 10.6 Å². The van der Waals surface area contributed by atoms with Crippen LogP contribution in [0.5, 0.6) is 0 Å².